The van der Waals surface area contributed by atoms with Gasteiger partial charge in [-0.25, -0.2) is 0 Å². The second-order valence-electron chi connectivity index (χ2n) is 4.01. The standard InChI is InChI=1S/C13H16N2O2/c1-9-4-5-10(2)12(6-9)17-13-15-11(7-14-3)8-16-13/h4-6,8,14H,7H2,1-3H3. The largest absolute Gasteiger partial charge is 0.417 e. The van der Waals surface area contributed by atoms with Crippen LogP contribution in [0, 0.1) is 13.8 Å². The number of aryl methyl sites for hydroxylation is 2. The Morgan fingerprint density at radius 3 is 2.94 bits per heavy atom. The fourth-order valence-corrected chi connectivity index (χ4v) is 1.51. The number of benzene rings is 1. The summed E-state index contributed by atoms with van der Waals surface area (Å²) < 4.78 is 10.9. The first kappa shape index (κ1) is 11.7. The minimum absolute atomic E-state index is 0.281. The van der Waals surface area contributed by atoms with Crippen molar-refractivity contribution >= 4 is 0 Å². The maximum Gasteiger partial charge on any atom is 0.399 e. The summed E-state index contributed by atoms with van der Waals surface area (Å²) in [6.45, 7) is 4.68. The average Bonchev–Trinajstić information content (AvgIpc) is 2.72. The van der Waals surface area contributed by atoms with Gasteiger partial charge in [0.2, 0.25) is 0 Å². The highest BCUT2D eigenvalue weighted by molar-refractivity contribution is 5.37. The van der Waals surface area contributed by atoms with E-state index in [0.717, 1.165) is 22.6 Å². The fraction of sp³-hybridized carbons (Fsp3) is 0.308. The molecule has 4 nitrogen and oxygen atoms in total. The van der Waals surface area contributed by atoms with Crippen LogP contribution in [0.25, 0.3) is 0 Å². The van der Waals surface area contributed by atoms with E-state index in [1.807, 2.05) is 39.1 Å². The summed E-state index contributed by atoms with van der Waals surface area (Å²) in [5.74, 6) is 0.780. The normalized spacial score (nSPS) is 10.5. The van der Waals surface area contributed by atoms with Crippen molar-refractivity contribution in [2.24, 2.45) is 0 Å². The van der Waals surface area contributed by atoms with E-state index in [4.69, 9.17) is 9.15 Å². The molecular weight excluding hydrogens is 216 g/mol. The van der Waals surface area contributed by atoms with Crippen LogP contribution < -0.4 is 10.1 Å². The highest BCUT2D eigenvalue weighted by Crippen LogP contribution is 2.25. The van der Waals surface area contributed by atoms with Crippen molar-refractivity contribution in [3.05, 3.63) is 41.3 Å². The van der Waals surface area contributed by atoms with Gasteiger partial charge in [0, 0.05) is 6.54 Å². The Hall–Kier alpha value is -1.81. The number of nitrogens with one attached hydrogen (secondary N) is 1. The molecule has 0 aliphatic rings. The SMILES string of the molecule is CNCc1coc(Oc2cc(C)ccc2C)n1. The minimum Gasteiger partial charge on any atom is -0.417 e. The summed E-state index contributed by atoms with van der Waals surface area (Å²) in [4.78, 5) is 4.21. The molecule has 0 saturated heterocycles. The van der Waals surface area contributed by atoms with Gasteiger partial charge in [-0.2, -0.15) is 4.98 Å². The number of hydrogen-bond donors (Lipinski definition) is 1. The molecular formula is C13H16N2O2. The molecule has 90 valence electrons. The molecule has 0 aliphatic heterocycles. The van der Waals surface area contributed by atoms with Gasteiger partial charge in [-0.1, -0.05) is 12.1 Å². The van der Waals surface area contributed by atoms with Gasteiger partial charge in [-0.3, -0.25) is 0 Å². The molecule has 1 N–H and O–H groups in total. The van der Waals surface area contributed by atoms with Crippen LogP contribution in [0.3, 0.4) is 0 Å². The van der Waals surface area contributed by atoms with Gasteiger partial charge in [0.1, 0.15) is 12.0 Å². The molecule has 2 rings (SSSR count). The fourth-order valence-electron chi connectivity index (χ4n) is 1.51. The quantitative estimate of drug-likeness (QED) is 0.880. The Kier molecular flexibility index (Phi) is 3.44. The van der Waals surface area contributed by atoms with E-state index in [0.29, 0.717) is 6.54 Å². The van der Waals surface area contributed by atoms with Gasteiger partial charge >= 0.3 is 6.08 Å². The van der Waals surface area contributed by atoms with Crippen molar-refractivity contribution in [2.45, 2.75) is 20.4 Å². The highest BCUT2D eigenvalue weighted by Gasteiger charge is 2.07. The van der Waals surface area contributed by atoms with E-state index in [2.05, 4.69) is 10.3 Å². The van der Waals surface area contributed by atoms with Crippen molar-refractivity contribution in [1.82, 2.24) is 10.3 Å². The van der Waals surface area contributed by atoms with E-state index in [-0.39, 0.29) is 6.08 Å². The smallest absolute Gasteiger partial charge is 0.399 e. The Bertz CT molecular complexity index is 506. The van der Waals surface area contributed by atoms with Gasteiger partial charge < -0.3 is 14.5 Å². The van der Waals surface area contributed by atoms with Crippen LogP contribution in [0.5, 0.6) is 11.8 Å². The van der Waals surface area contributed by atoms with Gasteiger partial charge in [0.25, 0.3) is 0 Å². The van der Waals surface area contributed by atoms with Crippen LogP contribution in [-0.4, -0.2) is 12.0 Å². The molecule has 0 amide bonds. The summed E-state index contributed by atoms with van der Waals surface area (Å²) in [7, 11) is 1.86. The third-order valence-corrected chi connectivity index (χ3v) is 2.43. The van der Waals surface area contributed by atoms with Crippen LogP contribution in [0.2, 0.25) is 0 Å². The molecule has 1 aromatic carbocycles. The summed E-state index contributed by atoms with van der Waals surface area (Å²) >= 11 is 0. The number of nitrogens with zero attached hydrogens (tertiary/aromatic N) is 1. The Morgan fingerprint density at radius 2 is 2.18 bits per heavy atom. The van der Waals surface area contributed by atoms with Crippen molar-refractivity contribution in [2.75, 3.05) is 7.05 Å². The summed E-state index contributed by atoms with van der Waals surface area (Å²) in [6.07, 6.45) is 1.88. The number of oxazole rings is 1. The van der Waals surface area contributed by atoms with Gasteiger partial charge in [0.15, 0.2) is 0 Å². The van der Waals surface area contributed by atoms with Crippen LogP contribution >= 0.6 is 0 Å². The molecule has 0 spiro atoms. The van der Waals surface area contributed by atoms with Crippen LogP contribution in [0.1, 0.15) is 16.8 Å². The lowest BCUT2D eigenvalue weighted by atomic mass is 10.1. The molecule has 0 unspecified atom stereocenters. The van der Waals surface area contributed by atoms with Gasteiger partial charge in [-0.05, 0) is 38.1 Å². The first-order chi connectivity index (χ1) is 8.19. The molecule has 1 aromatic heterocycles. The highest BCUT2D eigenvalue weighted by atomic mass is 16.6. The predicted molar refractivity (Wildman–Crippen MR) is 65.3 cm³/mol. The van der Waals surface area contributed by atoms with Gasteiger partial charge in [0.05, 0.1) is 5.69 Å². The lowest BCUT2D eigenvalue weighted by molar-refractivity contribution is 0.329. The van der Waals surface area contributed by atoms with E-state index in [1.54, 1.807) is 6.26 Å². The second-order valence-corrected chi connectivity index (χ2v) is 4.01. The third kappa shape index (κ3) is 2.85. The zero-order valence-electron chi connectivity index (χ0n) is 10.3. The van der Waals surface area contributed by atoms with Crippen LogP contribution in [-0.2, 0) is 6.54 Å². The average molecular weight is 232 g/mol. The molecule has 0 fully saturated rings. The summed E-state index contributed by atoms with van der Waals surface area (Å²) in [5.41, 5.74) is 3.03. The van der Waals surface area contributed by atoms with E-state index < -0.39 is 0 Å². The molecule has 1 heterocycles. The Balaban J connectivity index is 2.16. The predicted octanol–water partition coefficient (Wildman–Crippen LogP) is 2.80. The van der Waals surface area contributed by atoms with Crippen molar-refractivity contribution in [3.63, 3.8) is 0 Å². The van der Waals surface area contributed by atoms with Crippen molar-refractivity contribution in [1.29, 1.82) is 0 Å². The zero-order chi connectivity index (χ0) is 12.3. The molecule has 0 radical (unpaired) electrons. The second kappa shape index (κ2) is 5.01. The molecule has 0 saturated carbocycles. The number of aromatic nitrogens is 1. The van der Waals surface area contributed by atoms with Gasteiger partial charge in [-0.15, -0.1) is 0 Å². The summed E-state index contributed by atoms with van der Waals surface area (Å²) in [5, 5.41) is 3.00. The number of hydrogen-bond acceptors (Lipinski definition) is 4. The molecule has 0 atom stereocenters. The molecule has 17 heavy (non-hydrogen) atoms. The molecule has 0 bridgehead atoms. The Morgan fingerprint density at radius 1 is 1.35 bits per heavy atom. The molecule has 2 aromatic rings. The van der Waals surface area contributed by atoms with Crippen molar-refractivity contribution in [3.8, 4) is 11.8 Å². The van der Waals surface area contributed by atoms with Crippen LogP contribution in [0.4, 0.5) is 0 Å². The lowest BCUT2D eigenvalue weighted by Crippen LogP contribution is -2.04. The molecule has 0 aliphatic carbocycles. The van der Waals surface area contributed by atoms with Crippen molar-refractivity contribution < 1.29 is 9.15 Å². The van der Waals surface area contributed by atoms with Crippen LogP contribution in [0.15, 0.2) is 28.9 Å². The Labute approximate surface area is 101 Å². The first-order valence-electron chi connectivity index (χ1n) is 5.53. The zero-order valence-corrected chi connectivity index (χ0v) is 10.3. The monoisotopic (exact) mass is 232 g/mol. The maximum absolute atomic E-state index is 5.61. The van der Waals surface area contributed by atoms with E-state index in [1.165, 1.54) is 0 Å². The lowest BCUT2D eigenvalue weighted by Gasteiger charge is -2.05. The maximum atomic E-state index is 5.61. The van der Waals surface area contributed by atoms with E-state index in [9.17, 15) is 0 Å². The topological polar surface area (TPSA) is 47.3 Å². The number of ether oxygens (including phenoxy) is 1. The van der Waals surface area contributed by atoms with E-state index >= 15 is 0 Å². The summed E-state index contributed by atoms with van der Waals surface area (Å²) in [6, 6.07) is 6.03. The number of rotatable bonds is 4. The minimum atomic E-state index is 0.281. The molecule has 4 heteroatoms. The third-order valence-electron chi connectivity index (χ3n) is 2.43. The first-order valence-corrected chi connectivity index (χ1v) is 5.53.